The first-order valence-corrected chi connectivity index (χ1v) is 6.68. The number of pyridine rings is 1. The second-order valence-electron chi connectivity index (χ2n) is 3.70. The van der Waals surface area contributed by atoms with Crippen LogP contribution in [0.25, 0.3) is 10.9 Å². The molecule has 0 saturated carbocycles. The van der Waals surface area contributed by atoms with Gasteiger partial charge in [0.05, 0.1) is 17.5 Å². The zero-order valence-electron chi connectivity index (χ0n) is 9.06. The summed E-state index contributed by atoms with van der Waals surface area (Å²) in [7, 11) is -3.27. The van der Waals surface area contributed by atoms with Crippen molar-refractivity contribution in [3.05, 3.63) is 36.0 Å². The lowest BCUT2D eigenvalue weighted by atomic mass is 10.1. The number of hydrogen-bond acceptors (Lipinski definition) is 3. The number of anilines is 1. The first-order chi connectivity index (χ1) is 7.47. The van der Waals surface area contributed by atoms with Gasteiger partial charge in [-0.15, -0.1) is 0 Å². The molecule has 0 aliphatic heterocycles. The molecule has 0 amide bonds. The van der Waals surface area contributed by atoms with E-state index in [1.807, 2.05) is 25.1 Å². The molecule has 1 N–H and O–H groups in total. The second kappa shape index (κ2) is 3.75. The monoisotopic (exact) mass is 236 g/mol. The highest BCUT2D eigenvalue weighted by atomic mass is 32.2. The zero-order valence-corrected chi connectivity index (χ0v) is 9.88. The third-order valence-corrected chi connectivity index (χ3v) is 2.87. The number of fused-ring (bicyclic) bond motifs is 1. The fourth-order valence-electron chi connectivity index (χ4n) is 1.60. The van der Waals surface area contributed by atoms with Gasteiger partial charge < -0.3 is 0 Å². The summed E-state index contributed by atoms with van der Waals surface area (Å²) >= 11 is 0. The van der Waals surface area contributed by atoms with Crippen molar-refractivity contribution in [2.24, 2.45) is 0 Å². The zero-order chi connectivity index (χ0) is 11.8. The van der Waals surface area contributed by atoms with Crippen LogP contribution in [0.2, 0.25) is 0 Å². The first-order valence-electron chi connectivity index (χ1n) is 4.79. The van der Waals surface area contributed by atoms with Crippen LogP contribution in [-0.2, 0) is 10.0 Å². The molecule has 0 spiro atoms. The number of rotatable bonds is 2. The van der Waals surface area contributed by atoms with Crippen LogP contribution < -0.4 is 4.72 Å². The summed E-state index contributed by atoms with van der Waals surface area (Å²) in [5.74, 6) is 0. The highest BCUT2D eigenvalue weighted by Gasteiger charge is 2.08. The van der Waals surface area contributed by atoms with Gasteiger partial charge in [-0.3, -0.25) is 9.71 Å². The highest BCUT2D eigenvalue weighted by Crippen LogP contribution is 2.24. The Morgan fingerprint density at radius 1 is 1.25 bits per heavy atom. The first kappa shape index (κ1) is 10.9. The van der Waals surface area contributed by atoms with E-state index in [0.717, 1.165) is 17.2 Å². The molecule has 0 unspecified atom stereocenters. The molecule has 0 aliphatic rings. The lowest BCUT2D eigenvalue weighted by Gasteiger charge is -2.08. The van der Waals surface area contributed by atoms with Gasteiger partial charge in [0, 0.05) is 11.6 Å². The van der Waals surface area contributed by atoms with Gasteiger partial charge in [0.25, 0.3) is 0 Å². The molecule has 1 heterocycles. The molecule has 16 heavy (non-hydrogen) atoms. The number of nitrogens with one attached hydrogen (secondary N) is 1. The topological polar surface area (TPSA) is 59.1 Å². The van der Waals surface area contributed by atoms with Crippen LogP contribution in [0.1, 0.15) is 5.56 Å². The van der Waals surface area contributed by atoms with Gasteiger partial charge in [-0.1, -0.05) is 12.1 Å². The molecule has 0 saturated heterocycles. The van der Waals surface area contributed by atoms with E-state index < -0.39 is 10.0 Å². The van der Waals surface area contributed by atoms with Crippen LogP contribution in [0.5, 0.6) is 0 Å². The largest absolute Gasteiger partial charge is 0.282 e. The minimum atomic E-state index is -3.27. The molecule has 1 aromatic heterocycles. The summed E-state index contributed by atoms with van der Waals surface area (Å²) in [6, 6.07) is 7.36. The Bertz CT molecular complexity index is 635. The number of sulfonamides is 1. The van der Waals surface area contributed by atoms with Gasteiger partial charge in [0.15, 0.2) is 0 Å². The van der Waals surface area contributed by atoms with Crippen LogP contribution in [-0.4, -0.2) is 19.7 Å². The van der Waals surface area contributed by atoms with Gasteiger partial charge in [0.2, 0.25) is 10.0 Å². The maximum absolute atomic E-state index is 11.2. The Balaban J connectivity index is 2.68. The molecular weight excluding hydrogens is 224 g/mol. The van der Waals surface area contributed by atoms with Gasteiger partial charge in [0.1, 0.15) is 0 Å². The molecule has 0 atom stereocenters. The molecule has 0 bridgehead atoms. The molecule has 1 aromatic carbocycles. The van der Waals surface area contributed by atoms with E-state index in [1.54, 1.807) is 12.3 Å². The van der Waals surface area contributed by atoms with Crippen LogP contribution in [0.3, 0.4) is 0 Å². The number of aryl methyl sites for hydroxylation is 1. The molecule has 84 valence electrons. The SMILES string of the molecule is Cc1ccc(NS(C)(=O)=O)c2ncccc12. The van der Waals surface area contributed by atoms with Crippen LogP contribution in [0.4, 0.5) is 5.69 Å². The number of aromatic nitrogens is 1. The molecule has 0 radical (unpaired) electrons. The lowest BCUT2D eigenvalue weighted by Crippen LogP contribution is -2.10. The number of nitrogens with zero attached hydrogens (tertiary/aromatic N) is 1. The molecule has 4 nitrogen and oxygen atoms in total. The van der Waals surface area contributed by atoms with Crippen LogP contribution in [0.15, 0.2) is 30.5 Å². The summed E-state index contributed by atoms with van der Waals surface area (Å²) in [5.41, 5.74) is 2.26. The van der Waals surface area contributed by atoms with E-state index in [4.69, 9.17) is 0 Å². The van der Waals surface area contributed by atoms with Gasteiger partial charge in [-0.05, 0) is 24.6 Å². The fourth-order valence-corrected chi connectivity index (χ4v) is 2.16. The predicted molar refractivity (Wildman–Crippen MR) is 64.9 cm³/mol. The quantitative estimate of drug-likeness (QED) is 0.866. The molecule has 2 rings (SSSR count). The van der Waals surface area contributed by atoms with E-state index in [1.165, 1.54) is 0 Å². The molecule has 5 heteroatoms. The Morgan fingerprint density at radius 2 is 2.00 bits per heavy atom. The van der Waals surface area contributed by atoms with Crippen molar-refractivity contribution in [2.75, 3.05) is 11.0 Å². The molecular formula is C11H12N2O2S. The Hall–Kier alpha value is -1.62. The highest BCUT2D eigenvalue weighted by molar-refractivity contribution is 7.92. The lowest BCUT2D eigenvalue weighted by molar-refractivity contribution is 0.607. The van der Waals surface area contributed by atoms with Crippen molar-refractivity contribution in [1.29, 1.82) is 0 Å². The standard InChI is InChI=1S/C11H12N2O2S/c1-8-5-6-10(13-16(2,14)15)11-9(8)4-3-7-12-11/h3-7,13H,1-2H3. The van der Waals surface area contributed by atoms with E-state index in [0.29, 0.717) is 11.2 Å². The van der Waals surface area contributed by atoms with E-state index in [9.17, 15) is 8.42 Å². The second-order valence-corrected chi connectivity index (χ2v) is 5.45. The predicted octanol–water partition coefficient (Wildman–Crippen LogP) is 1.91. The van der Waals surface area contributed by atoms with E-state index >= 15 is 0 Å². The molecule has 0 aliphatic carbocycles. The summed E-state index contributed by atoms with van der Waals surface area (Å²) < 4.78 is 24.8. The maximum Gasteiger partial charge on any atom is 0.229 e. The third-order valence-electron chi connectivity index (χ3n) is 2.28. The maximum atomic E-state index is 11.2. The van der Waals surface area contributed by atoms with Gasteiger partial charge >= 0.3 is 0 Å². The average Bonchev–Trinajstić information content (AvgIpc) is 2.21. The third kappa shape index (κ3) is 2.14. The van der Waals surface area contributed by atoms with Crippen molar-refractivity contribution >= 4 is 26.6 Å². The Kier molecular flexibility index (Phi) is 2.55. The van der Waals surface area contributed by atoms with Crippen molar-refractivity contribution in [3.8, 4) is 0 Å². The summed E-state index contributed by atoms with van der Waals surface area (Å²) in [6.45, 7) is 1.97. The van der Waals surface area contributed by atoms with Gasteiger partial charge in [-0.25, -0.2) is 8.42 Å². The summed E-state index contributed by atoms with van der Waals surface area (Å²) in [6.07, 6.45) is 2.77. The van der Waals surface area contributed by atoms with E-state index in [2.05, 4.69) is 9.71 Å². The van der Waals surface area contributed by atoms with Gasteiger partial charge in [-0.2, -0.15) is 0 Å². The van der Waals surface area contributed by atoms with E-state index in [-0.39, 0.29) is 0 Å². The molecule has 2 aromatic rings. The average molecular weight is 236 g/mol. The minimum Gasteiger partial charge on any atom is -0.282 e. The smallest absolute Gasteiger partial charge is 0.229 e. The fraction of sp³-hybridized carbons (Fsp3) is 0.182. The van der Waals surface area contributed by atoms with Crippen molar-refractivity contribution in [2.45, 2.75) is 6.92 Å². The summed E-state index contributed by atoms with van der Waals surface area (Å²) in [4.78, 5) is 4.20. The van der Waals surface area contributed by atoms with Crippen molar-refractivity contribution < 1.29 is 8.42 Å². The van der Waals surface area contributed by atoms with Crippen LogP contribution >= 0.6 is 0 Å². The molecule has 0 fully saturated rings. The van der Waals surface area contributed by atoms with Crippen molar-refractivity contribution in [3.63, 3.8) is 0 Å². The van der Waals surface area contributed by atoms with Crippen LogP contribution in [0, 0.1) is 6.92 Å². The number of benzene rings is 1. The Morgan fingerprint density at radius 3 is 2.69 bits per heavy atom. The summed E-state index contributed by atoms with van der Waals surface area (Å²) in [5, 5.41) is 0.955. The number of hydrogen-bond donors (Lipinski definition) is 1. The minimum absolute atomic E-state index is 0.517. The Labute approximate surface area is 94.4 Å². The van der Waals surface area contributed by atoms with Crippen molar-refractivity contribution in [1.82, 2.24) is 4.98 Å². The normalized spacial score (nSPS) is 11.6.